The Morgan fingerprint density at radius 1 is 0.722 bits per heavy atom. The Kier molecular flexibility index (Phi) is 14.4. The molecule has 0 aliphatic heterocycles. The molecule has 0 radical (unpaired) electrons. The first kappa shape index (κ1) is 18.5. The standard InChI is InChI=1S/C12H28N2O2S2/c13-11(9-15)3-7-17-5-1-2-6-18-8-4-12(14)10-16/h11-12,15-16H,1-10,13-14H2. The summed E-state index contributed by atoms with van der Waals surface area (Å²) in [5, 5.41) is 17.5. The van der Waals surface area contributed by atoms with Gasteiger partial charge in [-0.25, -0.2) is 0 Å². The summed E-state index contributed by atoms with van der Waals surface area (Å²) in [6.45, 7) is 0.181. The Morgan fingerprint density at radius 2 is 1.11 bits per heavy atom. The minimum atomic E-state index is -0.0520. The van der Waals surface area contributed by atoms with E-state index in [9.17, 15) is 0 Å². The molecule has 0 bridgehead atoms. The topological polar surface area (TPSA) is 92.5 Å². The van der Waals surface area contributed by atoms with E-state index >= 15 is 0 Å². The summed E-state index contributed by atoms with van der Waals surface area (Å²) in [4.78, 5) is 0. The molecule has 0 amide bonds. The van der Waals surface area contributed by atoms with Crippen molar-refractivity contribution in [3.8, 4) is 0 Å². The van der Waals surface area contributed by atoms with Gasteiger partial charge in [-0.05, 0) is 48.7 Å². The van der Waals surface area contributed by atoms with Crippen LogP contribution in [0.2, 0.25) is 0 Å². The van der Waals surface area contributed by atoms with E-state index in [1.54, 1.807) is 0 Å². The van der Waals surface area contributed by atoms with Crippen LogP contribution in [0.1, 0.15) is 25.7 Å². The molecular formula is C12H28N2O2S2. The molecule has 6 N–H and O–H groups in total. The lowest BCUT2D eigenvalue weighted by Gasteiger charge is -2.08. The summed E-state index contributed by atoms with van der Waals surface area (Å²) >= 11 is 3.83. The molecule has 18 heavy (non-hydrogen) atoms. The van der Waals surface area contributed by atoms with Crippen LogP contribution in [0.25, 0.3) is 0 Å². The van der Waals surface area contributed by atoms with Crippen LogP contribution >= 0.6 is 23.5 Å². The number of rotatable bonds is 13. The lowest BCUT2D eigenvalue weighted by atomic mass is 10.3. The second-order valence-electron chi connectivity index (χ2n) is 4.39. The van der Waals surface area contributed by atoms with Gasteiger partial charge in [-0.15, -0.1) is 0 Å². The fraction of sp³-hybridized carbons (Fsp3) is 1.00. The van der Waals surface area contributed by atoms with Gasteiger partial charge in [0.1, 0.15) is 0 Å². The molecule has 0 aromatic heterocycles. The second-order valence-corrected chi connectivity index (χ2v) is 6.84. The molecule has 2 atom stereocenters. The van der Waals surface area contributed by atoms with Crippen molar-refractivity contribution in [1.29, 1.82) is 0 Å². The van der Waals surface area contributed by atoms with Crippen LogP contribution in [0.3, 0.4) is 0 Å². The van der Waals surface area contributed by atoms with Gasteiger partial charge in [0.05, 0.1) is 13.2 Å². The Bertz CT molecular complexity index is 158. The van der Waals surface area contributed by atoms with Crippen LogP contribution in [0.5, 0.6) is 0 Å². The van der Waals surface area contributed by atoms with Gasteiger partial charge in [0.25, 0.3) is 0 Å². The minimum absolute atomic E-state index is 0.0520. The van der Waals surface area contributed by atoms with Gasteiger partial charge in [-0.1, -0.05) is 0 Å². The van der Waals surface area contributed by atoms with Crippen molar-refractivity contribution in [2.45, 2.75) is 37.8 Å². The van der Waals surface area contributed by atoms with Gasteiger partial charge in [0.15, 0.2) is 0 Å². The fourth-order valence-electron chi connectivity index (χ4n) is 1.26. The van der Waals surface area contributed by atoms with Gasteiger partial charge in [-0.3, -0.25) is 0 Å². The molecule has 0 saturated carbocycles. The van der Waals surface area contributed by atoms with E-state index in [0.717, 1.165) is 24.3 Å². The monoisotopic (exact) mass is 296 g/mol. The molecule has 2 unspecified atom stereocenters. The van der Waals surface area contributed by atoms with Gasteiger partial charge < -0.3 is 21.7 Å². The first-order chi connectivity index (χ1) is 8.70. The SMILES string of the molecule is NC(CO)CCSCCCCSCCC(N)CO. The van der Waals surface area contributed by atoms with Crippen molar-refractivity contribution in [2.75, 3.05) is 36.2 Å². The molecule has 0 aliphatic rings. The Balaban J connectivity index is 3.03. The Labute approximate surface area is 119 Å². The van der Waals surface area contributed by atoms with Gasteiger partial charge in [0, 0.05) is 12.1 Å². The average molecular weight is 297 g/mol. The third-order valence-electron chi connectivity index (χ3n) is 2.56. The first-order valence-corrected chi connectivity index (χ1v) is 8.90. The molecule has 0 spiro atoms. The highest BCUT2D eigenvalue weighted by Gasteiger charge is 2.00. The van der Waals surface area contributed by atoms with Crippen molar-refractivity contribution in [1.82, 2.24) is 0 Å². The van der Waals surface area contributed by atoms with E-state index in [0.29, 0.717) is 0 Å². The van der Waals surface area contributed by atoms with Crippen LogP contribution in [-0.4, -0.2) is 58.5 Å². The molecule has 110 valence electrons. The van der Waals surface area contributed by atoms with Gasteiger partial charge in [-0.2, -0.15) is 23.5 Å². The molecule has 0 fully saturated rings. The van der Waals surface area contributed by atoms with Crippen molar-refractivity contribution in [3.63, 3.8) is 0 Å². The zero-order valence-corrected chi connectivity index (χ0v) is 12.7. The van der Waals surface area contributed by atoms with Crippen LogP contribution < -0.4 is 11.5 Å². The van der Waals surface area contributed by atoms with Crippen molar-refractivity contribution in [2.24, 2.45) is 11.5 Å². The van der Waals surface area contributed by atoms with E-state index < -0.39 is 0 Å². The molecule has 4 nitrogen and oxygen atoms in total. The minimum Gasteiger partial charge on any atom is -0.395 e. The van der Waals surface area contributed by atoms with E-state index in [-0.39, 0.29) is 25.3 Å². The zero-order valence-electron chi connectivity index (χ0n) is 11.1. The second kappa shape index (κ2) is 14.0. The highest BCUT2D eigenvalue weighted by Crippen LogP contribution is 2.11. The molecule has 0 aromatic rings. The Hall–Kier alpha value is 0.540. The number of hydrogen-bond donors (Lipinski definition) is 4. The van der Waals surface area contributed by atoms with E-state index in [2.05, 4.69) is 0 Å². The molecule has 0 aromatic carbocycles. The highest BCUT2D eigenvalue weighted by atomic mass is 32.2. The molecule has 0 aliphatic carbocycles. The number of hydrogen-bond acceptors (Lipinski definition) is 6. The summed E-state index contributed by atoms with van der Waals surface area (Å²) in [7, 11) is 0. The smallest absolute Gasteiger partial charge is 0.0582 e. The zero-order chi connectivity index (χ0) is 13.6. The number of aliphatic hydroxyl groups is 2. The summed E-state index contributed by atoms with van der Waals surface area (Å²) in [5.41, 5.74) is 11.2. The number of unbranched alkanes of at least 4 members (excludes halogenated alkanes) is 1. The van der Waals surface area contributed by atoms with Crippen molar-refractivity contribution >= 4 is 23.5 Å². The summed E-state index contributed by atoms with van der Waals surface area (Å²) in [6.07, 6.45) is 4.26. The van der Waals surface area contributed by atoms with Crippen LogP contribution in [-0.2, 0) is 0 Å². The number of thioether (sulfide) groups is 2. The molecule has 6 heteroatoms. The molecule has 0 heterocycles. The third-order valence-corrected chi connectivity index (χ3v) is 4.77. The summed E-state index contributed by atoms with van der Waals surface area (Å²) < 4.78 is 0. The molecule has 0 rings (SSSR count). The molecular weight excluding hydrogens is 268 g/mol. The Morgan fingerprint density at radius 3 is 1.44 bits per heavy atom. The van der Waals surface area contributed by atoms with Gasteiger partial charge >= 0.3 is 0 Å². The van der Waals surface area contributed by atoms with Crippen LogP contribution in [0.15, 0.2) is 0 Å². The lowest BCUT2D eigenvalue weighted by Crippen LogP contribution is -2.24. The van der Waals surface area contributed by atoms with E-state index in [4.69, 9.17) is 21.7 Å². The highest BCUT2D eigenvalue weighted by molar-refractivity contribution is 7.99. The summed E-state index contributed by atoms with van der Waals surface area (Å²) in [6, 6.07) is -0.104. The number of aliphatic hydroxyl groups excluding tert-OH is 2. The van der Waals surface area contributed by atoms with Crippen molar-refractivity contribution in [3.05, 3.63) is 0 Å². The lowest BCUT2D eigenvalue weighted by molar-refractivity contribution is 0.263. The fourth-order valence-corrected chi connectivity index (χ4v) is 3.43. The molecule has 0 saturated heterocycles. The van der Waals surface area contributed by atoms with E-state index in [1.165, 1.54) is 24.3 Å². The maximum atomic E-state index is 8.75. The average Bonchev–Trinajstić information content (AvgIpc) is 2.40. The third kappa shape index (κ3) is 13.0. The van der Waals surface area contributed by atoms with E-state index in [1.807, 2.05) is 23.5 Å². The predicted molar refractivity (Wildman–Crippen MR) is 83.2 cm³/mol. The van der Waals surface area contributed by atoms with Gasteiger partial charge in [0.2, 0.25) is 0 Å². The largest absolute Gasteiger partial charge is 0.395 e. The van der Waals surface area contributed by atoms with Crippen LogP contribution in [0.4, 0.5) is 0 Å². The van der Waals surface area contributed by atoms with Crippen molar-refractivity contribution < 1.29 is 10.2 Å². The number of nitrogens with two attached hydrogens (primary N) is 2. The van der Waals surface area contributed by atoms with Crippen LogP contribution in [0, 0.1) is 0 Å². The maximum absolute atomic E-state index is 8.75. The normalized spacial score (nSPS) is 14.7. The maximum Gasteiger partial charge on any atom is 0.0582 e. The predicted octanol–water partition coefficient (Wildman–Crippen LogP) is 0.652. The quantitative estimate of drug-likeness (QED) is 0.373. The first-order valence-electron chi connectivity index (χ1n) is 6.59. The summed E-state index contributed by atoms with van der Waals surface area (Å²) in [5.74, 6) is 4.43.